The second-order valence-corrected chi connectivity index (χ2v) is 5.49. The number of benzene rings is 1. The van der Waals surface area contributed by atoms with Crippen molar-refractivity contribution in [1.82, 2.24) is 5.43 Å². The molecule has 0 fully saturated rings. The van der Waals surface area contributed by atoms with Gasteiger partial charge in [0.25, 0.3) is 0 Å². The first-order chi connectivity index (χ1) is 8.97. The smallest absolute Gasteiger partial charge is 0.271 e. The van der Waals surface area contributed by atoms with Gasteiger partial charge < -0.3 is 0 Å². The normalized spacial score (nSPS) is 13.5. The summed E-state index contributed by atoms with van der Waals surface area (Å²) in [7, 11) is 0. The van der Waals surface area contributed by atoms with Gasteiger partial charge in [0.2, 0.25) is 0 Å². The molecule has 1 rings (SSSR count). The summed E-state index contributed by atoms with van der Waals surface area (Å²) in [4.78, 5) is 0. The molecule has 1 aromatic carbocycles. The van der Waals surface area contributed by atoms with Crippen LogP contribution in [0.5, 0.6) is 0 Å². The maximum Gasteiger partial charge on any atom is 0.416 e. The highest BCUT2D eigenvalue weighted by Crippen LogP contribution is 2.29. The van der Waals surface area contributed by atoms with Crippen LogP contribution in [0.3, 0.4) is 0 Å². The summed E-state index contributed by atoms with van der Waals surface area (Å²) in [5.41, 5.74) is 2.70. The van der Waals surface area contributed by atoms with Gasteiger partial charge in [-0.1, -0.05) is 25.1 Å². The van der Waals surface area contributed by atoms with Crippen LogP contribution in [-0.4, -0.2) is 17.5 Å². The predicted molar refractivity (Wildman–Crippen MR) is 73.9 cm³/mol. The van der Waals surface area contributed by atoms with Crippen molar-refractivity contribution in [1.29, 1.82) is 0 Å². The van der Waals surface area contributed by atoms with E-state index in [0.29, 0.717) is 12.0 Å². The van der Waals surface area contributed by atoms with Gasteiger partial charge in [0.15, 0.2) is 0 Å². The lowest BCUT2D eigenvalue weighted by Gasteiger charge is -2.16. The minimum atomic E-state index is -4.29. The molecule has 0 aromatic heterocycles. The fourth-order valence-corrected chi connectivity index (χ4v) is 2.65. The Morgan fingerprint density at radius 2 is 2.11 bits per heavy atom. The average molecular weight is 292 g/mol. The molecule has 1 atom stereocenters. The molecule has 6 heteroatoms. The van der Waals surface area contributed by atoms with E-state index in [9.17, 15) is 13.2 Å². The molecule has 1 unspecified atom stereocenters. The van der Waals surface area contributed by atoms with E-state index in [-0.39, 0.29) is 6.04 Å². The summed E-state index contributed by atoms with van der Waals surface area (Å²) in [6.07, 6.45) is -2.72. The van der Waals surface area contributed by atoms with Gasteiger partial charge in [-0.05, 0) is 30.2 Å². The van der Waals surface area contributed by atoms with Crippen molar-refractivity contribution in [3.63, 3.8) is 0 Å². The van der Waals surface area contributed by atoms with Gasteiger partial charge in [0.1, 0.15) is 0 Å². The lowest BCUT2D eigenvalue weighted by molar-refractivity contribution is -0.137. The minimum absolute atomic E-state index is 0.0139. The van der Waals surface area contributed by atoms with Crippen molar-refractivity contribution in [2.75, 3.05) is 11.5 Å². The number of thioether (sulfide) groups is 1. The average Bonchev–Trinajstić information content (AvgIpc) is 2.37. The van der Waals surface area contributed by atoms with Gasteiger partial charge in [-0.15, -0.1) is 0 Å². The van der Waals surface area contributed by atoms with Crippen LogP contribution in [0.25, 0.3) is 0 Å². The Balaban J connectivity index is 2.64. The Hall–Kier alpha value is -0.720. The van der Waals surface area contributed by atoms with Crippen LogP contribution in [0.1, 0.15) is 24.5 Å². The molecule has 0 aliphatic heterocycles. The van der Waals surface area contributed by atoms with E-state index in [1.54, 1.807) is 17.8 Å². The SMILES string of the molecule is CCCSCC(Cc1cccc(C(F)(F)F)c1)NN. The van der Waals surface area contributed by atoms with Crippen LogP contribution in [0.4, 0.5) is 13.2 Å². The molecule has 0 bridgehead atoms. The third kappa shape index (κ3) is 5.84. The molecule has 0 aliphatic carbocycles. The first-order valence-corrected chi connectivity index (χ1v) is 7.32. The van der Waals surface area contributed by atoms with Gasteiger partial charge in [-0.2, -0.15) is 24.9 Å². The fraction of sp³-hybridized carbons (Fsp3) is 0.538. The van der Waals surface area contributed by atoms with Gasteiger partial charge in [0.05, 0.1) is 5.56 Å². The summed E-state index contributed by atoms with van der Waals surface area (Å²) < 4.78 is 37.8. The summed E-state index contributed by atoms with van der Waals surface area (Å²) in [5.74, 6) is 7.26. The van der Waals surface area contributed by atoms with Gasteiger partial charge in [0, 0.05) is 11.8 Å². The summed E-state index contributed by atoms with van der Waals surface area (Å²) in [6.45, 7) is 2.09. The molecule has 3 N–H and O–H groups in total. The van der Waals surface area contributed by atoms with E-state index >= 15 is 0 Å². The standard InChI is InChI=1S/C13H19F3N2S/c1-2-6-19-9-12(18-17)8-10-4-3-5-11(7-10)13(14,15)16/h3-5,7,12,18H,2,6,8-9,17H2,1H3. The lowest BCUT2D eigenvalue weighted by Crippen LogP contribution is -2.38. The molecule has 0 amide bonds. The topological polar surface area (TPSA) is 38.0 Å². The predicted octanol–water partition coefficient (Wildman–Crippen LogP) is 3.22. The molecular formula is C13H19F3N2S. The molecule has 108 valence electrons. The molecule has 19 heavy (non-hydrogen) atoms. The monoisotopic (exact) mass is 292 g/mol. The van der Waals surface area contributed by atoms with E-state index in [2.05, 4.69) is 12.3 Å². The van der Waals surface area contributed by atoms with Crippen LogP contribution in [-0.2, 0) is 12.6 Å². The first-order valence-electron chi connectivity index (χ1n) is 6.17. The Morgan fingerprint density at radius 3 is 2.68 bits per heavy atom. The van der Waals surface area contributed by atoms with Gasteiger partial charge in [-0.3, -0.25) is 11.3 Å². The van der Waals surface area contributed by atoms with Crippen LogP contribution in [0, 0.1) is 0 Å². The zero-order valence-electron chi connectivity index (χ0n) is 10.8. The molecule has 0 heterocycles. The highest BCUT2D eigenvalue weighted by molar-refractivity contribution is 7.99. The number of hydrogen-bond acceptors (Lipinski definition) is 3. The summed E-state index contributed by atoms with van der Waals surface area (Å²) in [6, 6.07) is 5.39. The molecular weight excluding hydrogens is 273 g/mol. The zero-order valence-corrected chi connectivity index (χ0v) is 11.7. The molecule has 0 spiro atoms. The van der Waals surface area contributed by atoms with Crippen LogP contribution < -0.4 is 11.3 Å². The second-order valence-electron chi connectivity index (χ2n) is 4.34. The number of hydrogen-bond donors (Lipinski definition) is 2. The zero-order chi connectivity index (χ0) is 14.3. The Bertz CT molecular complexity index is 382. The Morgan fingerprint density at radius 1 is 1.37 bits per heavy atom. The van der Waals surface area contributed by atoms with E-state index in [4.69, 9.17) is 5.84 Å². The summed E-state index contributed by atoms with van der Waals surface area (Å²) in [5, 5.41) is 0. The number of nitrogens with one attached hydrogen (secondary N) is 1. The largest absolute Gasteiger partial charge is 0.416 e. The van der Waals surface area contributed by atoms with Crippen molar-refractivity contribution >= 4 is 11.8 Å². The third-order valence-corrected chi connectivity index (χ3v) is 3.97. The number of nitrogens with two attached hydrogens (primary N) is 1. The van der Waals surface area contributed by atoms with E-state index in [0.717, 1.165) is 24.0 Å². The Labute approximate surface area is 115 Å². The van der Waals surface area contributed by atoms with Crippen molar-refractivity contribution in [2.45, 2.75) is 32.0 Å². The first kappa shape index (κ1) is 16.3. The second kappa shape index (κ2) is 7.77. The third-order valence-electron chi connectivity index (χ3n) is 2.64. The van der Waals surface area contributed by atoms with Crippen molar-refractivity contribution in [2.24, 2.45) is 5.84 Å². The maximum atomic E-state index is 12.6. The van der Waals surface area contributed by atoms with Crippen LogP contribution in [0.2, 0.25) is 0 Å². The number of hydrazine groups is 1. The van der Waals surface area contributed by atoms with Crippen LogP contribution in [0.15, 0.2) is 24.3 Å². The summed E-state index contributed by atoms with van der Waals surface area (Å²) >= 11 is 1.75. The van der Waals surface area contributed by atoms with Crippen molar-refractivity contribution in [3.05, 3.63) is 35.4 Å². The molecule has 1 aromatic rings. The fourth-order valence-electron chi connectivity index (χ4n) is 1.70. The van der Waals surface area contributed by atoms with Gasteiger partial charge in [-0.25, -0.2) is 0 Å². The Kier molecular flexibility index (Phi) is 6.68. The molecule has 0 radical (unpaired) electrons. The van der Waals surface area contributed by atoms with E-state index in [1.807, 2.05) is 0 Å². The quantitative estimate of drug-likeness (QED) is 0.460. The lowest BCUT2D eigenvalue weighted by atomic mass is 10.0. The molecule has 0 saturated heterocycles. The number of alkyl halides is 3. The highest BCUT2D eigenvalue weighted by atomic mass is 32.2. The van der Waals surface area contributed by atoms with E-state index < -0.39 is 11.7 Å². The van der Waals surface area contributed by atoms with E-state index in [1.165, 1.54) is 12.1 Å². The number of halogens is 3. The van der Waals surface area contributed by atoms with Crippen molar-refractivity contribution in [3.8, 4) is 0 Å². The molecule has 0 saturated carbocycles. The van der Waals surface area contributed by atoms with Gasteiger partial charge >= 0.3 is 6.18 Å². The highest BCUT2D eigenvalue weighted by Gasteiger charge is 2.30. The molecule has 2 nitrogen and oxygen atoms in total. The van der Waals surface area contributed by atoms with Crippen molar-refractivity contribution < 1.29 is 13.2 Å². The minimum Gasteiger partial charge on any atom is -0.271 e. The maximum absolute atomic E-state index is 12.6. The molecule has 0 aliphatic rings. The van der Waals surface area contributed by atoms with Crippen LogP contribution >= 0.6 is 11.8 Å². The number of rotatable bonds is 7.